The fourth-order valence-corrected chi connectivity index (χ4v) is 4.54. The molecule has 0 fully saturated rings. The van der Waals surface area contributed by atoms with E-state index in [0.717, 1.165) is 27.5 Å². The Hall–Kier alpha value is -2.79. The topological polar surface area (TPSA) is 55.4 Å². The number of ketones is 1. The van der Waals surface area contributed by atoms with Crippen LogP contribution in [-0.4, -0.2) is 24.6 Å². The summed E-state index contributed by atoms with van der Waals surface area (Å²) in [6.45, 7) is 0. The molecule has 1 N–H and O–H groups in total. The van der Waals surface area contributed by atoms with Gasteiger partial charge in [-0.2, -0.15) is 0 Å². The van der Waals surface area contributed by atoms with Crippen LogP contribution in [0.1, 0.15) is 17.9 Å². The molecule has 1 atom stereocenters. The third kappa shape index (κ3) is 3.30. The van der Waals surface area contributed by atoms with Crippen molar-refractivity contribution in [3.05, 3.63) is 82.5 Å². The number of rotatable bonds is 3. The minimum atomic E-state index is -0.422. The van der Waals surface area contributed by atoms with Crippen LogP contribution in [0.5, 0.6) is 0 Å². The minimum Gasteiger partial charge on any atom is -0.466 e. The van der Waals surface area contributed by atoms with Gasteiger partial charge >= 0.3 is 5.97 Å². The Morgan fingerprint density at radius 1 is 1.07 bits per heavy atom. The second-order valence-electron chi connectivity index (χ2n) is 6.42. The highest BCUT2D eigenvalue weighted by Gasteiger charge is 2.37. The van der Waals surface area contributed by atoms with Gasteiger partial charge in [0.2, 0.25) is 0 Å². The number of dihydropyridines is 1. The molecular formula is C22H19NO3S. The Balaban J connectivity index is 1.76. The maximum atomic E-state index is 12.7. The van der Waals surface area contributed by atoms with Crippen molar-refractivity contribution in [3.63, 3.8) is 0 Å². The molecule has 0 amide bonds. The summed E-state index contributed by atoms with van der Waals surface area (Å²) in [6.07, 6.45) is 2.16. The molecule has 0 saturated heterocycles. The van der Waals surface area contributed by atoms with Gasteiger partial charge in [0.05, 0.1) is 17.7 Å². The summed E-state index contributed by atoms with van der Waals surface area (Å²) in [4.78, 5) is 25.0. The van der Waals surface area contributed by atoms with Gasteiger partial charge in [-0.25, -0.2) is 4.79 Å². The second kappa shape index (κ2) is 7.45. The van der Waals surface area contributed by atoms with Crippen LogP contribution in [0.2, 0.25) is 0 Å². The smallest absolute Gasteiger partial charge is 0.336 e. The van der Waals surface area contributed by atoms with Crippen molar-refractivity contribution >= 4 is 23.5 Å². The highest BCUT2D eigenvalue weighted by atomic mass is 32.2. The molecule has 2 aliphatic heterocycles. The lowest BCUT2D eigenvalue weighted by molar-refractivity contribution is -0.136. The fourth-order valence-electron chi connectivity index (χ4n) is 3.52. The Morgan fingerprint density at radius 3 is 2.48 bits per heavy atom. The standard InChI is InChI=1S/C22H19NO3S/c1-26-22(25)17-13-23-21-20(18(24)11-12-27-21)19(17)16-9-7-15(8-10-16)14-5-3-2-4-6-14/h2-10,13,19,23H,11-12H2,1H3/t19-/m0/s1. The molecule has 136 valence electrons. The zero-order valence-corrected chi connectivity index (χ0v) is 15.7. The molecule has 0 unspecified atom stereocenters. The molecule has 0 radical (unpaired) electrons. The first-order chi connectivity index (χ1) is 13.2. The number of benzene rings is 2. The van der Waals surface area contributed by atoms with Gasteiger partial charge in [0.25, 0.3) is 0 Å². The maximum Gasteiger partial charge on any atom is 0.336 e. The SMILES string of the molecule is COC(=O)C1=CNC2=C(C(=O)CCS2)[C@H]1c1ccc(-c2ccccc2)cc1. The lowest BCUT2D eigenvalue weighted by atomic mass is 9.81. The van der Waals surface area contributed by atoms with Gasteiger partial charge in [-0.05, 0) is 16.7 Å². The third-order valence-electron chi connectivity index (χ3n) is 4.85. The first-order valence-electron chi connectivity index (χ1n) is 8.79. The quantitative estimate of drug-likeness (QED) is 0.819. The molecule has 4 rings (SSSR count). The highest BCUT2D eigenvalue weighted by molar-refractivity contribution is 8.03. The Kier molecular flexibility index (Phi) is 4.86. The molecule has 2 aromatic rings. The van der Waals surface area contributed by atoms with Gasteiger partial charge in [-0.1, -0.05) is 54.6 Å². The monoisotopic (exact) mass is 377 g/mol. The van der Waals surface area contributed by atoms with Crippen molar-refractivity contribution < 1.29 is 14.3 Å². The summed E-state index contributed by atoms with van der Waals surface area (Å²) in [5.74, 6) is 0.0161. The van der Waals surface area contributed by atoms with Crippen LogP contribution in [0.3, 0.4) is 0 Å². The van der Waals surface area contributed by atoms with E-state index in [4.69, 9.17) is 4.74 Å². The summed E-state index contributed by atoms with van der Waals surface area (Å²) < 4.78 is 4.96. The van der Waals surface area contributed by atoms with Crippen LogP contribution in [-0.2, 0) is 14.3 Å². The number of carbonyl (C=O) groups is 2. The predicted molar refractivity (Wildman–Crippen MR) is 107 cm³/mol. The number of ether oxygens (including phenoxy) is 1. The van der Waals surface area contributed by atoms with Crippen molar-refractivity contribution in [2.24, 2.45) is 0 Å². The van der Waals surface area contributed by atoms with Crippen molar-refractivity contribution in [2.45, 2.75) is 12.3 Å². The van der Waals surface area contributed by atoms with Crippen LogP contribution >= 0.6 is 11.8 Å². The van der Waals surface area contributed by atoms with Gasteiger partial charge < -0.3 is 10.1 Å². The predicted octanol–water partition coefficient (Wildman–Crippen LogP) is 4.01. The van der Waals surface area contributed by atoms with Gasteiger partial charge in [0, 0.05) is 29.9 Å². The number of methoxy groups -OCH3 is 1. The van der Waals surface area contributed by atoms with E-state index in [-0.39, 0.29) is 5.78 Å². The van der Waals surface area contributed by atoms with E-state index in [9.17, 15) is 9.59 Å². The molecule has 2 heterocycles. The summed E-state index contributed by atoms with van der Waals surface area (Å²) >= 11 is 1.62. The molecule has 2 aromatic carbocycles. The Bertz CT molecular complexity index is 945. The van der Waals surface area contributed by atoms with Gasteiger partial charge in [0.15, 0.2) is 5.78 Å². The van der Waals surface area contributed by atoms with Crippen LogP contribution in [0.4, 0.5) is 0 Å². The zero-order valence-electron chi connectivity index (χ0n) is 14.9. The van der Waals surface area contributed by atoms with Crippen LogP contribution < -0.4 is 5.32 Å². The minimum absolute atomic E-state index is 0.0860. The van der Waals surface area contributed by atoms with Crippen molar-refractivity contribution in [2.75, 3.05) is 12.9 Å². The van der Waals surface area contributed by atoms with E-state index in [1.54, 1.807) is 18.0 Å². The number of esters is 1. The van der Waals surface area contributed by atoms with Crippen molar-refractivity contribution in [1.29, 1.82) is 0 Å². The third-order valence-corrected chi connectivity index (χ3v) is 5.89. The van der Waals surface area contributed by atoms with Crippen molar-refractivity contribution in [1.82, 2.24) is 5.32 Å². The maximum absolute atomic E-state index is 12.7. The first kappa shape index (κ1) is 17.6. The average molecular weight is 377 g/mol. The molecule has 5 heteroatoms. The second-order valence-corrected chi connectivity index (χ2v) is 7.53. The number of hydrogen-bond donors (Lipinski definition) is 1. The fraction of sp³-hybridized carbons (Fsp3) is 0.182. The molecule has 27 heavy (non-hydrogen) atoms. The lowest BCUT2D eigenvalue weighted by Gasteiger charge is -2.31. The number of allylic oxidation sites excluding steroid dienone is 1. The van der Waals surface area contributed by atoms with E-state index < -0.39 is 11.9 Å². The lowest BCUT2D eigenvalue weighted by Crippen LogP contribution is -2.30. The number of Topliss-reactive ketones (excluding diaryl/α,β-unsaturated/α-hetero) is 1. The molecule has 2 aliphatic rings. The molecule has 0 aromatic heterocycles. The Morgan fingerprint density at radius 2 is 1.78 bits per heavy atom. The van der Waals surface area contributed by atoms with Gasteiger partial charge in [-0.15, -0.1) is 11.8 Å². The summed E-state index contributed by atoms with van der Waals surface area (Å²) in [7, 11) is 1.36. The Labute approximate surface area is 162 Å². The number of thioether (sulfide) groups is 1. The van der Waals surface area contributed by atoms with E-state index >= 15 is 0 Å². The summed E-state index contributed by atoms with van der Waals surface area (Å²) in [5.41, 5.74) is 4.26. The molecular weight excluding hydrogens is 358 g/mol. The van der Waals surface area contributed by atoms with Crippen LogP contribution in [0.15, 0.2) is 77.0 Å². The average Bonchev–Trinajstić information content (AvgIpc) is 2.73. The molecule has 0 bridgehead atoms. The van der Waals surface area contributed by atoms with Crippen LogP contribution in [0, 0.1) is 0 Å². The van der Waals surface area contributed by atoms with E-state index in [1.165, 1.54) is 7.11 Å². The van der Waals surface area contributed by atoms with E-state index in [0.29, 0.717) is 17.6 Å². The molecule has 0 spiro atoms. The molecule has 4 nitrogen and oxygen atoms in total. The van der Waals surface area contributed by atoms with Crippen molar-refractivity contribution in [3.8, 4) is 11.1 Å². The van der Waals surface area contributed by atoms with Crippen LogP contribution in [0.25, 0.3) is 11.1 Å². The molecule has 0 aliphatic carbocycles. The number of nitrogens with one attached hydrogen (secondary N) is 1. The first-order valence-corrected chi connectivity index (χ1v) is 9.78. The number of hydrogen-bond acceptors (Lipinski definition) is 5. The highest BCUT2D eigenvalue weighted by Crippen LogP contribution is 2.42. The molecule has 0 saturated carbocycles. The number of carbonyl (C=O) groups excluding carboxylic acids is 2. The van der Waals surface area contributed by atoms with E-state index in [2.05, 4.69) is 17.4 Å². The zero-order chi connectivity index (χ0) is 18.8. The summed E-state index contributed by atoms with van der Waals surface area (Å²) in [6, 6.07) is 18.2. The summed E-state index contributed by atoms with van der Waals surface area (Å²) in [5, 5.41) is 3.96. The largest absolute Gasteiger partial charge is 0.466 e. The van der Waals surface area contributed by atoms with E-state index in [1.807, 2.05) is 42.5 Å². The normalized spacial score (nSPS) is 19.1. The van der Waals surface area contributed by atoms with Gasteiger partial charge in [-0.3, -0.25) is 4.79 Å². The van der Waals surface area contributed by atoms with Gasteiger partial charge in [0.1, 0.15) is 0 Å².